The number of nitrogens with one attached hydrogen (secondary N) is 2. The van der Waals surface area contributed by atoms with Gasteiger partial charge in [-0.05, 0) is 17.5 Å². The van der Waals surface area contributed by atoms with Gasteiger partial charge in [-0.3, -0.25) is 4.79 Å². The minimum absolute atomic E-state index is 0.105. The number of benzene rings is 2. The van der Waals surface area contributed by atoms with Crippen molar-refractivity contribution in [2.24, 2.45) is 0 Å². The smallest absolute Gasteiger partial charge is 0.408 e. The number of hydrogen-bond acceptors (Lipinski definition) is 5. The second kappa shape index (κ2) is 13.1. The molecule has 2 atom stereocenters. The molecule has 2 amide bonds. The largest absolute Gasteiger partial charge is 0.467 e. The summed E-state index contributed by atoms with van der Waals surface area (Å²) in [7, 11) is 1.28. The first kappa shape index (κ1) is 23.9. The predicted octanol–water partition coefficient (Wildman–Crippen LogP) is 3.37. The fourth-order valence-electron chi connectivity index (χ4n) is 3.04. The minimum Gasteiger partial charge on any atom is -0.467 e. The van der Waals surface area contributed by atoms with Crippen LogP contribution >= 0.6 is 0 Å². The quantitative estimate of drug-likeness (QED) is 0.538. The highest BCUT2D eigenvalue weighted by Gasteiger charge is 2.27. The molecule has 7 heteroatoms. The second-order valence-corrected chi connectivity index (χ2v) is 7.17. The van der Waals surface area contributed by atoms with Crippen LogP contribution in [0.2, 0.25) is 0 Å². The monoisotopic (exact) mass is 426 g/mol. The van der Waals surface area contributed by atoms with Gasteiger partial charge in [0.2, 0.25) is 5.91 Å². The molecule has 2 rings (SSSR count). The lowest BCUT2D eigenvalue weighted by molar-refractivity contribution is -0.145. The van der Waals surface area contributed by atoms with Crippen molar-refractivity contribution in [3.8, 4) is 0 Å². The van der Waals surface area contributed by atoms with E-state index in [-0.39, 0.29) is 13.0 Å². The van der Waals surface area contributed by atoms with E-state index >= 15 is 0 Å². The number of methoxy groups -OCH3 is 1. The number of amides is 2. The molecule has 0 aliphatic heterocycles. The summed E-state index contributed by atoms with van der Waals surface area (Å²) >= 11 is 0. The molecule has 2 aromatic carbocycles. The lowest BCUT2D eigenvalue weighted by atomic mass is 10.0. The number of alkyl carbamates (subject to hydrolysis) is 1. The average molecular weight is 427 g/mol. The summed E-state index contributed by atoms with van der Waals surface area (Å²) in [6.45, 7) is 2.10. The van der Waals surface area contributed by atoms with E-state index in [0.717, 1.165) is 24.0 Å². The molecular weight excluding hydrogens is 396 g/mol. The highest BCUT2D eigenvalue weighted by molar-refractivity contribution is 5.89. The molecule has 2 N–H and O–H groups in total. The zero-order valence-corrected chi connectivity index (χ0v) is 18.0. The van der Waals surface area contributed by atoms with Gasteiger partial charge in [-0.2, -0.15) is 0 Å². The summed E-state index contributed by atoms with van der Waals surface area (Å²) < 4.78 is 10.1. The molecule has 166 valence electrons. The maximum atomic E-state index is 12.9. The first-order chi connectivity index (χ1) is 15.0. The summed E-state index contributed by atoms with van der Waals surface area (Å²) in [5.74, 6) is -0.991. The van der Waals surface area contributed by atoms with Crippen molar-refractivity contribution in [2.75, 3.05) is 7.11 Å². The van der Waals surface area contributed by atoms with Crippen LogP contribution in [-0.2, 0) is 32.1 Å². The molecule has 0 spiro atoms. The molecule has 7 nitrogen and oxygen atoms in total. The van der Waals surface area contributed by atoms with Gasteiger partial charge < -0.3 is 20.1 Å². The summed E-state index contributed by atoms with van der Waals surface area (Å²) in [4.78, 5) is 37.4. The van der Waals surface area contributed by atoms with Gasteiger partial charge >= 0.3 is 12.1 Å². The summed E-state index contributed by atoms with van der Waals surface area (Å²) in [5.41, 5.74) is 1.74. The Hall–Kier alpha value is -3.35. The van der Waals surface area contributed by atoms with Gasteiger partial charge in [0, 0.05) is 6.42 Å². The third-order valence-electron chi connectivity index (χ3n) is 4.75. The first-order valence-electron chi connectivity index (χ1n) is 10.4. The van der Waals surface area contributed by atoms with Crippen molar-refractivity contribution < 1.29 is 23.9 Å². The maximum absolute atomic E-state index is 12.9. The molecule has 0 unspecified atom stereocenters. The number of rotatable bonds is 11. The summed E-state index contributed by atoms with van der Waals surface area (Å²) in [6.07, 6.45) is 1.63. The zero-order chi connectivity index (χ0) is 22.5. The topological polar surface area (TPSA) is 93.7 Å². The van der Waals surface area contributed by atoms with Gasteiger partial charge in [0.15, 0.2) is 0 Å². The Kier molecular flexibility index (Phi) is 10.1. The molecular formula is C24H30N2O5. The molecule has 0 fully saturated rings. The number of hydrogen-bond donors (Lipinski definition) is 2. The molecule has 0 saturated carbocycles. The van der Waals surface area contributed by atoms with Gasteiger partial charge in [0.05, 0.1) is 7.11 Å². The van der Waals surface area contributed by atoms with Crippen LogP contribution in [0.25, 0.3) is 0 Å². The lowest BCUT2D eigenvalue weighted by Crippen LogP contribution is -2.52. The molecule has 0 heterocycles. The lowest BCUT2D eigenvalue weighted by Gasteiger charge is -2.22. The third kappa shape index (κ3) is 8.50. The Balaban J connectivity index is 1.99. The third-order valence-corrected chi connectivity index (χ3v) is 4.75. The maximum Gasteiger partial charge on any atom is 0.408 e. The molecule has 0 saturated heterocycles. The molecule has 31 heavy (non-hydrogen) atoms. The number of esters is 1. The van der Waals surface area contributed by atoms with Gasteiger partial charge in [-0.1, -0.05) is 80.4 Å². The van der Waals surface area contributed by atoms with E-state index in [0.29, 0.717) is 6.42 Å². The first-order valence-corrected chi connectivity index (χ1v) is 10.4. The van der Waals surface area contributed by atoms with Crippen molar-refractivity contribution in [2.45, 2.75) is 51.3 Å². The Morgan fingerprint density at radius 1 is 0.871 bits per heavy atom. The van der Waals surface area contributed by atoms with Crippen LogP contribution in [0.1, 0.15) is 37.3 Å². The van der Waals surface area contributed by atoms with Gasteiger partial charge in [-0.25, -0.2) is 9.59 Å². The van der Waals surface area contributed by atoms with Crippen molar-refractivity contribution >= 4 is 18.0 Å². The van der Waals surface area contributed by atoms with Crippen molar-refractivity contribution in [3.05, 3.63) is 71.8 Å². The molecule has 0 aliphatic rings. The Bertz CT molecular complexity index is 826. The number of carbonyl (C=O) groups is 3. The van der Waals surface area contributed by atoms with Crippen molar-refractivity contribution in [3.63, 3.8) is 0 Å². The van der Waals surface area contributed by atoms with Gasteiger partial charge in [0.25, 0.3) is 0 Å². The van der Waals surface area contributed by atoms with Crippen LogP contribution in [0, 0.1) is 0 Å². The van der Waals surface area contributed by atoms with E-state index in [4.69, 9.17) is 9.47 Å². The normalized spacial score (nSPS) is 12.3. The predicted molar refractivity (Wildman–Crippen MR) is 117 cm³/mol. The zero-order valence-electron chi connectivity index (χ0n) is 18.0. The summed E-state index contributed by atoms with van der Waals surface area (Å²) in [5, 5.41) is 5.34. The molecule has 0 aromatic heterocycles. The fourth-order valence-corrected chi connectivity index (χ4v) is 3.04. The SMILES string of the molecule is CCCC[C@@H](NC(=O)OCc1ccccc1)C(=O)N[C@H](Cc1ccccc1)C(=O)OC. The van der Waals surface area contributed by atoms with Crippen molar-refractivity contribution in [1.29, 1.82) is 0 Å². The molecule has 0 aliphatic carbocycles. The van der Waals surface area contributed by atoms with E-state index in [1.54, 1.807) is 0 Å². The fraction of sp³-hybridized carbons (Fsp3) is 0.375. The minimum atomic E-state index is -0.855. The van der Waals surface area contributed by atoms with Gasteiger partial charge in [-0.15, -0.1) is 0 Å². The molecule has 0 bridgehead atoms. The van der Waals surface area contributed by atoms with Crippen LogP contribution < -0.4 is 10.6 Å². The standard InChI is InChI=1S/C24H30N2O5/c1-3-4-15-20(26-24(29)31-17-19-13-9-6-10-14-19)22(27)25-21(23(28)30-2)16-18-11-7-5-8-12-18/h5-14,20-21H,3-4,15-17H2,1-2H3,(H,25,27)(H,26,29)/t20-,21-/m1/s1. The number of ether oxygens (including phenoxy) is 2. The van der Waals surface area contributed by atoms with E-state index in [2.05, 4.69) is 10.6 Å². The Labute approximate surface area is 183 Å². The average Bonchev–Trinajstić information content (AvgIpc) is 2.80. The highest BCUT2D eigenvalue weighted by Crippen LogP contribution is 2.08. The van der Waals surface area contributed by atoms with Crippen LogP contribution in [-0.4, -0.2) is 37.2 Å². The van der Waals surface area contributed by atoms with Gasteiger partial charge in [0.1, 0.15) is 18.7 Å². The van der Waals surface area contributed by atoms with Crippen LogP contribution in [0.5, 0.6) is 0 Å². The Morgan fingerprint density at radius 3 is 2.06 bits per heavy atom. The number of unbranched alkanes of at least 4 members (excludes halogenated alkanes) is 1. The van der Waals surface area contributed by atoms with E-state index in [1.807, 2.05) is 67.6 Å². The second-order valence-electron chi connectivity index (χ2n) is 7.17. The van der Waals surface area contributed by atoms with E-state index < -0.39 is 30.1 Å². The van der Waals surface area contributed by atoms with Crippen LogP contribution in [0.4, 0.5) is 4.79 Å². The number of carbonyl (C=O) groups excluding carboxylic acids is 3. The van der Waals surface area contributed by atoms with Crippen LogP contribution in [0.3, 0.4) is 0 Å². The van der Waals surface area contributed by atoms with E-state index in [9.17, 15) is 14.4 Å². The Morgan fingerprint density at radius 2 is 1.48 bits per heavy atom. The van der Waals surface area contributed by atoms with Crippen molar-refractivity contribution in [1.82, 2.24) is 10.6 Å². The molecule has 0 radical (unpaired) electrons. The summed E-state index contributed by atoms with van der Waals surface area (Å²) in [6, 6.07) is 16.9. The molecule has 2 aromatic rings. The van der Waals surface area contributed by atoms with Crippen LogP contribution in [0.15, 0.2) is 60.7 Å². The highest BCUT2D eigenvalue weighted by atomic mass is 16.5. The van der Waals surface area contributed by atoms with E-state index in [1.165, 1.54) is 7.11 Å².